The summed E-state index contributed by atoms with van der Waals surface area (Å²) in [6.45, 7) is 5.68. The topological polar surface area (TPSA) is 79.1 Å². The van der Waals surface area contributed by atoms with Gasteiger partial charge in [0.15, 0.2) is 0 Å². The van der Waals surface area contributed by atoms with Gasteiger partial charge in [0.1, 0.15) is 6.04 Å². The number of fused-ring (bicyclic) bond motifs is 1. The molecule has 4 aliphatic heterocycles. The second-order valence-electron chi connectivity index (χ2n) is 12.8. The maximum Gasteiger partial charge on any atom is 0.245 e. The van der Waals surface area contributed by atoms with Crippen LogP contribution in [0, 0.1) is 5.41 Å². The van der Waals surface area contributed by atoms with Crippen molar-refractivity contribution in [2.75, 3.05) is 33.4 Å². The van der Waals surface area contributed by atoms with Gasteiger partial charge in [0.05, 0.1) is 19.3 Å². The third kappa shape index (κ3) is 4.27. The molecule has 5 fully saturated rings. The summed E-state index contributed by atoms with van der Waals surface area (Å²) in [7, 11) is 2.20. The van der Waals surface area contributed by atoms with Gasteiger partial charge in [0.25, 0.3) is 0 Å². The molecule has 7 nitrogen and oxygen atoms in total. The highest BCUT2D eigenvalue weighted by Gasteiger charge is 2.58. The summed E-state index contributed by atoms with van der Waals surface area (Å²) in [4.78, 5) is 34.2. The minimum Gasteiger partial charge on any atom is -0.380 e. The van der Waals surface area contributed by atoms with Crippen LogP contribution in [-0.2, 0) is 14.3 Å². The molecule has 7 heteroatoms. The van der Waals surface area contributed by atoms with E-state index in [1.165, 1.54) is 5.56 Å². The van der Waals surface area contributed by atoms with Crippen molar-refractivity contribution in [1.82, 2.24) is 14.7 Å². The first kappa shape index (κ1) is 24.4. The second kappa shape index (κ2) is 9.10. The summed E-state index contributed by atoms with van der Waals surface area (Å²) in [6, 6.07) is 10.2. The van der Waals surface area contributed by atoms with E-state index in [2.05, 4.69) is 54.1 Å². The van der Waals surface area contributed by atoms with E-state index in [1.54, 1.807) is 0 Å². The van der Waals surface area contributed by atoms with E-state index in [1.807, 2.05) is 4.90 Å². The van der Waals surface area contributed by atoms with Gasteiger partial charge in [-0.25, -0.2) is 0 Å². The molecule has 1 spiro atoms. The van der Waals surface area contributed by atoms with Crippen LogP contribution in [0.2, 0.25) is 0 Å². The number of benzene rings is 1. The molecule has 2 N–H and O–H groups in total. The van der Waals surface area contributed by atoms with Crippen LogP contribution in [0.5, 0.6) is 0 Å². The minimum absolute atomic E-state index is 0.00657. The zero-order chi connectivity index (χ0) is 25.1. The Morgan fingerprint density at radius 2 is 1.89 bits per heavy atom. The Kier molecular flexibility index (Phi) is 6.17. The van der Waals surface area contributed by atoms with Crippen molar-refractivity contribution in [1.29, 1.82) is 0 Å². The summed E-state index contributed by atoms with van der Waals surface area (Å²) in [5.41, 5.74) is 8.00. The molecule has 0 aromatic heterocycles. The third-order valence-electron chi connectivity index (χ3n) is 9.84. The normalized spacial score (nSPS) is 34.9. The smallest absolute Gasteiger partial charge is 0.245 e. The highest BCUT2D eigenvalue weighted by atomic mass is 16.5. The highest BCUT2D eigenvalue weighted by Crippen LogP contribution is 2.54. The van der Waals surface area contributed by atoms with E-state index in [9.17, 15) is 9.59 Å². The lowest BCUT2D eigenvalue weighted by atomic mass is 9.86. The van der Waals surface area contributed by atoms with Crippen molar-refractivity contribution < 1.29 is 14.3 Å². The number of nitrogens with two attached hydrogens (primary N) is 1. The van der Waals surface area contributed by atoms with E-state index in [-0.39, 0.29) is 34.9 Å². The first-order chi connectivity index (χ1) is 17.3. The Bertz CT molecular complexity index is 991. The van der Waals surface area contributed by atoms with Crippen LogP contribution in [0.15, 0.2) is 30.3 Å². The molecule has 0 unspecified atom stereocenters. The van der Waals surface area contributed by atoms with E-state index >= 15 is 0 Å². The lowest BCUT2D eigenvalue weighted by Gasteiger charge is -2.45. The Balaban J connectivity index is 1.19. The van der Waals surface area contributed by atoms with Gasteiger partial charge in [-0.15, -0.1) is 0 Å². The monoisotopic (exact) mass is 494 g/mol. The summed E-state index contributed by atoms with van der Waals surface area (Å²) in [5.74, 6) is 0.536. The van der Waals surface area contributed by atoms with Crippen LogP contribution in [-0.4, -0.2) is 89.6 Å². The number of carbonyl (C=O) groups is 2. The number of hydrogen-bond donors (Lipinski definition) is 1. The molecule has 196 valence electrons. The molecule has 0 bridgehead atoms. The number of hydrogen-bond acceptors (Lipinski definition) is 5. The Morgan fingerprint density at radius 3 is 2.56 bits per heavy atom. The van der Waals surface area contributed by atoms with Crippen molar-refractivity contribution in [3.05, 3.63) is 35.9 Å². The molecular formula is C29H42N4O3. The Hall–Kier alpha value is -1.96. The van der Waals surface area contributed by atoms with Gasteiger partial charge in [-0.3, -0.25) is 9.59 Å². The maximum absolute atomic E-state index is 14.1. The fraction of sp³-hybridized carbons (Fsp3) is 0.724. The third-order valence-corrected chi connectivity index (χ3v) is 9.84. The molecule has 2 amide bonds. The summed E-state index contributed by atoms with van der Waals surface area (Å²) >= 11 is 0. The standard InChI is InChI=1S/C29H42N4O3/c1-28(18-36-19-28)17-31(2)22-8-10-24(30)26(34)33-23(14-22)9-11-25(33)27(35)32-16-21(15-29(32)12-13-29)20-6-4-3-5-7-20/h3-7,21-25H,8-19,30H2,1-2H3/t21-,22+,23-,24+,25+/m1/s1. The van der Waals surface area contributed by atoms with Gasteiger partial charge < -0.3 is 25.2 Å². The summed E-state index contributed by atoms with van der Waals surface area (Å²) in [6.07, 6.45) is 7.39. The number of rotatable bonds is 5. The predicted molar refractivity (Wildman–Crippen MR) is 138 cm³/mol. The lowest BCUT2D eigenvalue weighted by molar-refractivity contribution is -0.148. The molecule has 1 saturated carbocycles. The van der Waals surface area contributed by atoms with E-state index < -0.39 is 6.04 Å². The van der Waals surface area contributed by atoms with Gasteiger partial charge in [-0.1, -0.05) is 37.3 Å². The van der Waals surface area contributed by atoms with Crippen LogP contribution >= 0.6 is 0 Å². The number of carbonyl (C=O) groups excluding carboxylic acids is 2. The number of nitrogens with zero attached hydrogens (tertiary/aromatic N) is 3. The van der Waals surface area contributed by atoms with Crippen molar-refractivity contribution >= 4 is 11.8 Å². The van der Waals surface area contributed by atoms with Gasteiger partial charge in [-0.05, 0) is 64.0 Å². The lowest BCUT2D eigenvalue weighted by Crippen LogP contribution is -2.58. The first-order valence-corrected chi connectivity index (χ1v) is 14.0. The molecule has 0 radical (unpaired) electrons. The average Bonchev–Trinajstić information content (AvgIpc) is 3.34. The largest absolute Gasteiger partial charge is 0.380 e. The van der Waals surface area contributed by atoms with Gasteiger partial charge in [-0.2, -0.15) is 0 Å². The van der Waals surface area contributed by atoms with Crippen LogP contribution in [0.1, 0.15) is 69.8 Å². The fourth-order valence-corrected chi connectivity index (χ4v) is 7.60. The fourth-order valence-electron chi connectivity index (χ4n) is 7.60. The number of likely N-dealkylation sites (tertiary alicyclic amines) is 1. The summed E-state index contributed by atoms with van der Waals surface area (Å²) in [5, 5.41) is 0. The van der Waals surface area contributed by atoms with E-state index in [0.717, 1.165) is 71.2 Å². The zero-order valence-electron chi connectivity index (χ0n) is 21.9. The van der Waals surface area contributed by atoms with Crippen molar-refractivity contribution in [3.8, 4) is 0 Å². The van der Waals surface area contributed by atoms with Crippen LogP contribution < -0.4 is 5.73 Å². The predicted octanol–water partition coefficient (Wildman–Crippen LogP) is 2.74. The molecule has 4 saturated heterocycles. The molecule has 5 aliphatic rings. The molecular weight excluding hydrogens is 452 g/mol. The molecule has 36 heavy (non-hydrogen) atoms. The van der Waals surface area contributed by atoms with E-state index in [0.29, 0.717) is 18.4 Å². The van der Waals surface area contributed by atoms with Gasteiger partial charge in [0.2, 0.25) is 11.8 Å². The van der Waals surface area contributed by atoms with Gasteiger partial charge in [0, 0.05) is 42.0 Å². The molecule has 6 rings (SSSR count). The minimum atomic E-state index is -0.523. The zero-order valence-corrected chi connectivity index (χ0v) is 21.9. The molecule has 1 aromatic carbocycles. The Labute approximate surface area is 215 Å². The summed E-state index contributed by atoms with van der Waals surface area (Å²) < 4.78 is 5.48. The first-order valence-electron chi connectivity index (χ1n) is 14.0. The SMILES string of the molecule is CN(CC1(C)COC1)[C@H]1CC[C@H](N)C(=O)N2[C@H](CC[C@H]2C(=O)N2C[C@H](c3ccccc3)CC23CC3)C1. The number of ether oxygens (including phenoxy) is 1. The maximum atomic E-state index is 14.1. The molecule has 4 heterocycles. The number of amides is 2. The Morgan fingerprint density at radius 1 is 1.14 bits per heavy atom. The molecule has 1 aliphatic carbocycles. The van der Waals surface area contributed by atoms with Crippen LogP contribution in [0.4, 0.5) is 0 Å². The quantitative estimate of drug-likeness (QED) is 0.681. The van der Waals surface area contributed by atoms with Gasteiger partial charge >= 0.3 is 0 Å². The molecule has 5 atom stereocenters. The molecule has 1 aromatic rings. The van der Waals surface area contributed by atoms with Crippen molar-refractivity contribution in [2.45, 2.75) is 93.9 Å². The van der Waals surface area contributed by atoms with E-state index in [4.69, 9.17) is 10.5 Å². The average molecular weight is 495 g/mol. The van der Waals surface area contributed by atoms with Crippen LogP contribution in [0.25, 0.3) is 0 Å². The van der Waals surface area contributed by atoms with Crippen molar-refractivity contribution in [3.63, 3.8) is 0 Å². The second-order valence-corrected chi connectivity index (χ2v) is 12.8. The van der Waals surface area contributed by atoms with Crippen molar-refractivity contribution in [2.24, 2.45) is 11.1 Å². The van der Waals surface area contributed by atoms with Crippen LogP contribution in [0.3, 0.4) is 0 Å². The highest BCUT2D eigenvalue weighted by molar-refractivity contribution is 5.91.